The van der Waals surface area contributed by atoms with Gasteiger partial charge in [-0.05, 0) is 48.5 Å². The number of nitrogens with zero attached hydrogens (tertiary/aromatic N) is 3. The van der Waals surface area contributed by atoms with Crippen LogP contribution in [0.1, 0.15) is 17.3 Å². The van der Waals surface area contributed by atoms with Crippen LogP contribution >= 0.6 is 15.9 Å². The van der Waals surface area contributed by atoms with Crippen LogP contribution in [0.4, 0.5) is 5.69 Å². The topological polar surface area (TPSA) is 96.3 Å². The number of carbonyl (C=O) groups excluding carboxylic acids is 4. The van der Waals surface area contributed by atoms with Crippen LogP contribution in [0.3, 0.4) is 0 Å². The van der Waals surface area contributed by atoms with Gasteiger partial charge < -0.3 is 4.74 Å². The van der Waals surface area contributed by atoms with Crippen molar-refractivity contribution in [3.05, 3.63) is 70.7 Å². The summed E-state index contributed by atoms with van der Waals surface area (Å²) >= 11 is 3.38. The van der Waals surface area contributed by atoms with Crippen LogP contribution in [-0.4, -0.2) is 46.9 Å². The maximum atomic E-state index is 13.6. The predicted molar refractivity (Wildman–Crippen MR) is 123 cm³/mol. The number of allylic oxidation sites excluding steroid dienone is 1. The van der Waals surface area contributed by atoms with E-state index < -0.39 is 35.8 Å². The van der Waals surface area contributed by atoms with E-state index in [0.717, 1.165) is 4.47 Å². The number of esters is 1. The fourth-order valence-corrected chi connectivity index (χ4v) is 5.12. The summed E-state index contributed by atoms with van der Waals surface area (Å²) in [6, 6.07) is 11.6. The molecule has 0 spiro atoms. The molecule has 2 amide bonds. The van der Waals surface area contributed by atoms with Crippen molar-refractivity contribution in [1.29, 1.82) is 0 Å². The summed E-state index contributed by atoms with van der Waals surface area (Å²) < 4.78 is 5.77. The number of hydrogen-bond donors (Lipinski definition) is 0. The van der Waals surface area contributed by atoms with Crippen molar-refractivity contribution in [3.63, 3.8) is 0 Å². The molecule has 0 saturated carbocycles. The van der Waals surface area contributed by atoms with Crippen LogP contribution < -0.4 is 9.64 Å². The van der Waals surface area contributed by atoms with E-state index >= 15 is 0 Å². The first-order valence-corrected chi connectivity index (χ1v) is 11.1. The number of ketones is 1. The maximum Gasteiger partial charge on any atom is 0.308 e. The smallest absolute Gasteiger partial charge is 0.308 e. The monoisotopic (exact) mass is 507 g/mol. The normalized spacial score (nSPS) is 25.3. The Morgan fingerprint density at radius 2 is 1.76 bits per heavy atom. The Labute approximate surface area is 197 Å². The molecule has 5 rings (SSSR count). The summed E-state index contributed by atoms with van der Waals surface area (Å²) in [5.41, 5.74) is 0.793. The van der Waals surface area contributed by atoms with E-state index in [-0.39, 0.29) is 11.7 Å². The highest BCUT2D eigenvalue weighted by Gasteiger charge is 2.64. The third-order valence-electron chi connectivity index (χ3n) is 6.03. The zero-order chi connectivity index (χ0) is 23.3. The van der Waals surface area contributed by atoms with Crippen LogP contribution in [0.5, 0.6) is 5.75 Å². The maximum absolute atomic E-state index is 13.6. The van der Waals surface area contributed by atoms with E-state index in [0.29, 0.717) is 17.0 Å². The van der Waals surface area contributed by atoms with Crippen LogP contribution in [0.15, 0.2) is 70.3 Å². The van der Waals surface area contributed by atoms with Crippen molar-refractivity contribution in [2.75, 3.05) is 4.90 Å². The highest BCUT2D eigenvalue weighted by atomic mass is 79.9. The van der Waals surface area contributed by atoms with Gasteiger partial charge in [0.05, 0.1) is 23.6 Å². The Balaban J connectivity index is 1.52. The van der Waals surface area contributed by atoms with E-state index in [4.69, 9.17) is 4.74 Å². The van der Waals surface area contributed by atoms with Crippen molar-refractivity contribution in [1.82, 2.24) is 5.01 Å². The van der Waals surface area contributed by atoms with Crippen LogP contribution in [0, 0.1) is 11.8 Å². The molecule has 8 nitrogen and oxygen atoms in total. The lowest BCUT2D eigenvalue weighted by Crippen LogP contribution is -2.46. The number of hydrogen-bond acceptors (Lipinski definition) is 7. The molecule has 9 heteroatoms. The number of ether oxygens (including phenoxy) is 1. The van der Waals surface area contributed by atoms with Gasteiger partial charge in [0.1, 0.15) is 11.8 Å². The molecule has 3 aliphatic rings. The average Bonchev–Trinajstić information content (AvgIpc) is 3.26. The van der Waals surface area contributed by atoms with Crippen molar-refractivity contribution in [2.45, 2.75) is 19.0 Å². The Bertz CT molecular complexity index is 1240. The Morgan fingerprint density at radius 3 is 2.45 bits per heavy atom. The van der Waals surface area contributed by atoms with Gasteiger partial charge in [-0.25, -0.2) is 4.90 Å². The summed E-state index contributed by atoms with van der Waals surface area (Å²) in [5, 5.41) is 5.90. The number of hydrazone groups is 1. The zero-order valence-electron chi connectivity index (χ0n) is 17.4. The summed E-state index contributed by atoms with van der Waals surface area (Å²) in [6.45, 7) is 1.29. The van der Waals surface area contributed by atoms with Gasteiger partial charge >= 0.3 is 5.97 Å². The minimum Gasteiger partial charge on any atom is -0.427 e. The number of halogens is 1. The third kappa shape index (κ3) is 3.48. The largest absolute Gasteiger partial charge is 0.427 e. The lowest BCUT2D eigenvalue weighted by atomic mass is 9.86. The Hall–Kier alpha value is -3.59. The molecule has 0 aromatic heterocycles. The first-order valence-electron chi connectivity index (χ1n) is 10.3. The highest BCUT2D eigenvalue weighted by Crippen LogP contribution is 2.46. The Morgan fingerprint density at radius 1 is 1.03 bits per heavy atom. The summed E-state index contributed by atoms with van der Waals surface area (Å²) in [5.74, 6) is -2.84. The molecule has 0 unspecified atom stereocenters. The van der Waals surface area contributed by atoms with Crippen molar-refractivity contribution in [3.8, 4) is 5.75 Å². The predicted octanol–water partition coefficient (Wildman–Crippen LogP) is 2.97. The molecule has 4 atom stereocenters. The Kier molecular flexibility index (Phi) is 5.20. The summed E-state index contributed by atoms with van der Waals surface area (Å²) in [6.07, 6.45) is 5.07. The SMILES string of the molecule is CC(=O)Oc1ccc(C(=O)[C@@H]2[C@@H]3C(=O)N(c4cccc(Br)c4)C(=O)[C@@H]3[C@H]3C=CC=NN32)cc1. The second-order valence-corrected chi connectivity index (χ2v) is 8.91. The van der Waals surface area contributed by atoms with Gasteiger partial charge in [-0.15, -0.1) is 0 Å². The van der Waals surface area contributed by atoms with Gasteiger partial charge in [0.15, 0.2) is 5.78 Å². The molecule has 33 heavy (non-hydrogen) atoms. The molecule has 0 bridgehead atoms. The standard InChI is InChI=1S/C24H18BrN3O5/c1-13(29)33-17-9-7-14(8-10-17)22(30)21-20-19(18-6-3-11-26-28(18)21)23(31)27(24(20)32)16-5-2-4-15(25)12-16/h2-12,18-21H,1H3/t18-,19-,20-,21+/m1/s1. The molecule has 0 aliphatic carbocycles. The van der Waals surface area contributed by atoms with E-state index in [1.54, 1.807) is 53.7 Å². The molecular formula is C24H18BrN3O5. The van der Waals surface area contributed by atoms with Gasteiger partial charge in [-0.2, -0.15) is 5.10 Å². The van der Waals surface area contributed by atoms with Gasteiger partial charge in [0.25, 0.3) is 0 Å². The van der Waals surface area contributed by atoms with Crippen LogP contribution in [-0.2, 0) is 14.4 Å². The number of fused-ring (bicyclic) bond motifs is 3. The fraction of sp³-hybridized carbons (Fsp3) is 0.208. The van der Waals surface area contributed by atoms with Crippen LogP contribution in [0.25, 0.3) is 0 Å². The number of benzene rings is 2. The molecule has 2 saturated heterocycles. The number of carbonyl (C=O) groups is 4. The van der Waals surface area contributed by atoms with E-state index in [2.05, 4.69) is 21.0 Å². The number of anilines is 1. The number of Topliss-reactive ketones (excluding diaryl/α,β-unsaturated/α-hetero) is 1. The quantitative estimate of drug-likeness (QED) is 0.273. The third-order valence-corrected chi connectivity index (χ3v) is 6.52. The van der Waals surface area contributed by atoms with E-state index in [1.165, 1.54) is 24.0 Å². The second kappa shape index (κ2) is 8.08. The first-order chi connectivity index (χ1) is 15.9. The van der Waals surface area contributed by atoms with Crippen molar-refractivity contribution in [2.24, 2.45) is 16.9 Å². The molecule has 2 aromatic rings. The first kappa shape index (κ1) is 21.3. The number of amides is 2. The molecule has 0 N–H and O–H groups in total. The zero-order valence-corrected chi connectivity index (χ0v) is 19.0. The highest BCUT2D eigenvalue weighted by molar-refractivity contribution is 9.10. The van der Waals surface area contributed by atoms with Crippen molar-refractivity contribution >= 4 is 51.4 Å². The molecule has 2 aromatic carbocycles. The lowest BCUT2D eigenvalue weighted by molar-refractivity contribution is -0.132. The molecule has 3 aliphatic heterocycles. The minimum absolute atomic E-state index is 0.313. The minimum atomic E-state index is -0.936. The van der Waals surface area contributed by atoms with E-state index in [1.807, 2.05) is 6.07 Å². The number of rotatable bonds is 4. The second-order valence-electron chi connectivity index (χ2n) is 7.99. The molecule has 2 fully saturated rings. The number of imide groups is 1. The van der Waals surface area contributed by atoms with Gasteiger partial charge in [0.2, 0.25) is 11.8 Å². The van der Waals surface area contributed by atoms with Gasteiger partial charge in [-0.1, -0.05) is 28.1 Å². The fourth-order valence-electron chi connectivity index (χ4n) is 4.73. The molecule has 3 heterocycles. The molecule has 166 valence electrons. The van der Waals surface area contributed by atoms with E-state index in [9.17, 15) is 19.2 Å². The average molecular weight is 508 g/mol. The van der Waals surface area contributed by atoms with Crippen LogP contribution in [0.2, 0.25) is 0 Å². The lowest BCUT2D eigenvalue weighted by Gasteiger charge is -2.30. The summed E-state index contributed by atoms with van der Waals surface area (Å²) in [4.78, 5) is 52.9. The van der Waals surface area contributed by atoms with Gasteiger partial charge in [0, 0.05) is 23.2 Å². The van der Waals surface area contributed by atoms with Gasteiger partial charge in [-0.3, -0.25) is 24.2 Å². The molecule has 0 radical (unpaired) electrons. The summed E-state index contributed by atoms with van der Waals surface area (Å²) in [7, 11) is 0. The van der Waals surface area contributed by atoms with Crippen molar-refractivity contribution < 1.29 is 23.9 Å². The molecular weight excluding hydrogens is 490 g/mol.